The molecule has 2 aliphatic heterocycles. The van der Waals surface area contributed by atoms with E-state index in [0.29, 0.717) is 49.0 Å². The summed E-state index contributed by atoms with van der Waals surface area (Å²) in [6, 6.07) is 11.8. The van der Waals surface area contributed by atoms with Gasteiger partial charge in [-0.3, -0.25) is 13.3 Å². The third-order valence-corrected chi connectivity index (χ3v) is 8.38. The van der Waals surface area contributed by atoms with Gasteiger partial charge in [0.25, 0.3) is 15.9 Å². The van der Waals surface area contributed by atoms with Crippen molar-refractivity contribution in [3.63, 3.8) is 0 Å². The maximum absolute atomic E-state index is 13.3. The zero-order chi connectivity index (χ0) is 20.6. The van der Waals surface area contributed by atoms with Crippen LogP contribution in [-0.4, -0.2) is 61.7 Å². The number of benzene rings is 2. The van der Waals surface area contributed by atoms with Gasteiger partial charge in [0.15, 0.2) is 0 Å². The number of anilines is 1. The number of rotatable bonds is 4. The number of amides is 1. The highest BCUT2D eigenvalue weighted by molar-refractivity contribution is 7.92. The fourth-order valence-corrected chi connectivity index (χ4v) is 6.29. The van der Waals surface area contributed by atoms with E-state index >= 15 is 0 Å². The van der Waals surface area contributed by atoms with Crippen molar-refractivity contribution in [2.24, 2.45) is 0 Å². The van der Waals surface area contributed by atoms with Crippen LogP contribution in [0.4, 0.5) is 5.69 Å². The molecule has 0 bridgehead atoms. The van der Waals surface area contributed by atoms with Gasteiger partial charge in [-0.1, -0.05) is 18.2 Å². The fraction of sp³-hybridized carbons (Fsp3) is 0.350. The Bertz CT molecular complexity index is 1070. The average Bonchev–Trinajstić information content (AvgIpc) is 3.18. The van der Waals surface area contributed by atoms with Gasteiger partial charge >= 0.3 is 0 Å². The van der Waals surface area contributed by atoms with Gasteiger partial charge in [0.2, 0.25) is 0 Å². The van der Waals surface area contributed by atoms with E-state index in [1.807, 2.05) is 18.2 Å². The molecule has 29 heavy (non-hydrogen) atoms. The van der Waals surface area contributed by atoms with E-state index in [2.05, 4.69) is 0 Å². The minimum absolute atomic E-state index is 0.0546. The van der Waals surface area contributed by atoms with E-state index in [4.69, 9.17) is 4.74 Å². The lowest BCUT2D eigenvalue weighted by Gasteiger charge is -2.27. The predicted octanol–water partition coefficient (Wildman–Crippen LogP) is 1.65. The number of para-hydroxylation sites is 1. The van der Waals surface area contributed by atoms with Crippen molar-refractivity contribution in [3.8, 4) is 5.75 Å². The molecule has 9 heteroatoms. The Hall–Kier alpha value is -2.39. The van der Waals surface area contributed by atoms with Crippen LogP contribution >= 0.6 is 0 Å². The molecular weight excluding hydrogens is 412 g/mol. The largest absolute Gasteiger partial charge is 0.496 e. The van der Waals surface area contributed by atoms with Gasteiger partial charge < -0.3 is 9.64 Å². The number of nitrogens with zero attached hydrogens (tertiary/aromatic N) is 2. The first-order chi connectivity index (χ1) is 13.9. The van der Waals surface area contributed by atoms with Crippen LogP contribution in [0.1, 0.15) is 15.9 Å². The van der Waals surface area contributed by atoms with E-state index in [1.54, 1.807) is 11.0 Å². The molecule has 1 amide bonds. The molecule has 0 aromatic heterocycles. The minimum Gasteiger partial charge on any atom is -0.496 e. The van der Waals surface area contributed by atoms with Crippen LogP contribution in [-0.2, 0) is 27.2 Å². The summed E-state index contributed by atoms with van der Waals surface area (Å²) in [4.78, 5) is 14.7. The lowest BCUT2D eigenvalue weighted by Crippen LogP contribution is -2.42. The summed E-state index contributed by atoms with van der Waals surface area (Å²) >= 11 is 0. The molecular formula is C20H22N2O5S2. The molecule has 1 saturated heterocycles. The number of fused-ring (bicyclic) bond motifs is 1. The van der Waals surface area contributed by atoms with Crippen molar-refractivity contribution in [3.05, 3.63) is 53.6 Å². The minimum atomic E-state index is -3.81. The van der Waals surface area contributed by atoms with Gasteiger partial charge in [-0.05, 0) is 36.2 Å². The molecule has 2 aliphatic rings. The van der Waals surface area contributed by atoms with Gasteiger partial charge in [0, 0.05) is 41.9 Å². The zero-order valence-electron chi connectivity index (χ0n) is 16.0. The second kappa shape index (κ2) is 7.79. The molecule has 2 aromatic rings. The zero-order valence-corrected chi connectivity index (χ0v) is 17.7. The molecule has 0 saturated carbocycles. The van der Waals surface area contributed by atoms with Gasteiger partial charge in [-0.15, -0.1) is 0 Å². The van der Waals surface area contributed by atoms with Crippen LogP contribution in [0.2, 0.25) is 0 Å². The standard InChI is InChI=1S/C20H22N2O5S2/c1-27-19-7-6-16(14-17(19)20(23)21-10-12-28(24)13-11-21)29(25,26)22-9-8-15-4-2-3-5-18(15)22/h2-7,14H,8-13H2,1H3. The molecule has 2 aromatic carbocycles. The van der Waals surface area contributed by atoms with Crippen LogP contribution in [0.15, 0.2) is 47.4 Å². The highest BCUT2D eigenvalue weighted by Gasteiger charge is 2.32. The second-order valence-electron chi connectivity index (χ2n) is 6.96. The maximum Gasteiger partial charge on any atom is 0.264 e. The van der Waals surface area contributed by atoms with Gasteiger partial charge in [0.05, 0.1) is 23.3 Å². The number of ether oxygens (including phenoxy) is 1. The van der Waals surface area contributed by atoms with Gasteiger partial charge in [0.1, 0.15) is 5.75 Å². The molecule has 154 valence electrons. The van der Waals surface area contributed by atoms with E-state index in [1.165, 1.54) is 29.6 Å². The molecule has 4 rings (SSSR count). The number of carbonyl (C=O) groups excluding carboxylic acids is 1. The quantitative estimate of drug-likeness (QED) is 0.731. The van der Waals surface area contributed by atoms with Crippen LogP contribution in [0.25, 0.3) is 0 Å². The van der Waals surface area contributed by atoms with Gasteiger partial charge in [-0.2, -0.15) is 0 Å². The fourth-order valence-electron chi connectivity index (χ4n) is 3.71. The van der Waals surface area contributed by atoms with Gasteiger partial charge in [-0.25, -0.2) is 8.42 Å². The number of hydrogen-bond donors (Lipinski definition) is 0. The number of carbonyl (C=O) groups is 1. The third kappa shape index (κ3) is 3.64. The Balaban J connectivity index is 1.69. The molecule has 2 heterocycles. The molecule has 7 nitrogen and oxygen atoms in total. The Morgan fingerprint density at radius 2 is 1.79 bits per heavy atom. The Kier molecular flexibility index (Phi) is 5.35. The molecule has 1 fully saturated rings. The first-order valence-corrected chi connectivity index (χ1v) is 12.3. The summed E-state index contributed by atoms with van der Waals surface area (Å²) in [6.07, 6.45) is 0.655. The molecule has 0 unspecified atom stereocenters. The Morgan fingerprint density at radius 3 is 2.52 bits per heavy atom. The summed E-state index contributed by atoms with van der Waals surface area (Å²) < 4.78 is 44.9. The van der Waals surface area contributed by atoms with Crippen molar-refractivity contribution in [2.45, 2.75) is 11.3 Å². The highest BCUT2D eigenvalue weighted by Crippen LogP contribution is 2.34. The smallest absolute Gasteiger partial charge is 0.264 e. The summed E-state index contributed by atoms with van der Waals surface area (Å²) in [5.74, 6) is 0.868. The first kappa shape index (κ1) is 19.9. The topological polar surface area (TPSA) is 84.0 Å². The van der Waals surface area contributed by atoms with E-state index in [9.17, 15) is 17.4 Å². The van der Waals surface area contributed by atoms with E-state index in [-0.39, 0.29) is 16.4 Å². The van der Waals surface area contributed by atoms with Crippen LogP contribution < -0.4 is 9.04 Å². The lowest BCUT2D eigenvalue weighted by molar-refractivity contribution is 0.0767. The number of hydrogen-bond acceptors (Lipinski definition) is 5. The van der Waals surface area contributed by atoms with Crippen molar-refractivity contribution in [1.82, 2.24) is 4.90 Å². The number of methoxy groups -OCH3 is 1. The van der Waals surface area contributed by atoms with Crippen LogP contribution in [0.5, 0.6) is 5.75 Å². The molecule has 0 aliphatic carbocycles. The van der Waals surface area contributed by atoms with Crippen LogP contribution in [0.3, 0.4) is 0 Å². The SMILES string of the molecule is COc1ccc(S(=O)(=O)N2CCc3ccccc32)cc1C(=O)N1CCS(=O)CC1. The average molecular weight is 435 g/mol. The van der Waals surface area contributed by atoms with Crippen molar-refractivity contribution < 1.29 is 22.2 Å². The Labute approximate surface area is 172 Å². The third-order valence-electron chi connectivity index (χ3n) is 5.30. The monoisotopic (exact) mass is 434 g/mol. The predicted molar refractivity (Wildman–Crippen MR) is 111 cm³/mol. The van der Waals surface area contributed by atoms with Crippen molar-refractivity contribution in [1.29, 1.82) is 0 Å². The van der Waals surface area contributed by atoms with E-state index in [0.717, 1.165) is 5.56 Å². The molecule has 0 radical (unpaired) electrons. The highest BCUT2D eigenvalue weighted by atomic mass is 32.2. The van der Waals surface area contributed by atoms with Crippen molar-refractivity contribution >= 4 is 32.4 Å². The first-order valence-electron chi connectivity index (χ1n) is 9.35. The summed E-state index contributed by atoms with van der Waals surface area (Å²) in [7, 11) is -3.28. The second-order valence-corrected chi connectivity index (χ2v) is 10.5. The normalized spacial score (nSPS) is 17.3. The molecule has 0 atom stereocenters. The van der Waals surface area contributed by atoms with Crippen molar-refractivity contribution in [2.75, 3.05) is 42.6 Å². The summed E-state index contributed by atoms with van der Waals surface area (Å²) in [5.41, 5.74) is 1.87. The van der Waals surface area contributed by atoms with Crippen LogP contribution in [0, 0.1) is 0 Å². The number of sulfonamides is 1. The maximum atomic E-state index is 13.3. The molecule has 0 spiro atoms. The lowest BCUT2D eigenvalue weighted by atomic mass is 10.1. The Morgan fingerprint density at radius 1 is 1.07 bits per heavy atom. The summed E-state index contributed by atoms with van der Waals surface area (Å²) in [6.45, 7) is 1.13. The summed E-state index contributed by atoms with van der Waals surface area (Å²) in [5, 5.41) is 0. The van der Waals surface area contributed by atoms with E-state index < -0.39 is 20.8 Å². The molecule has 0 N–H and O–H groups in total.